The van der Waals surface area contributed by atoms with E-state index in [1.165, 1.54) is 11.8 Å². The third-order valence-corrected chi connectivity index (χ3v) is 5.74. The molecule has 0 N–H and O–H groups in total. The number of aromatic nitrogens is 4. The monoisotopic (exact) mass is 410 g/mol. The van der Waals surface area contributed by atoms with Gasteiger partial charge in [0.25, 0.3) is 5.56 Å². The summed E-state index contributed by atoms with van der Waals surface area (Å²) in [5.74, 6) is 0.503. The maximum absolute atomic E-state index is 12.9. The molecule has 0 aromatic carbocycles. The maximum Gasteiger partial charge on any atom is 0.263 e. The molecule has 0 aliphatic rings. The van der Waals surface area contributed by atoms with Crippen molar-refractivity contribution in [2.45, 2.75) is 45.9 Å². The summed E-state index contributed by atoms with van der Waals surface area (Å²) in [6.45, 7) is 13.0. The molecule has 7 heteroatoms. The summed E-state index contributed by atoms with van der Waals surface area (Å²) < 4.78 is 3.73. The first-order chi connectivity index (χ1) is 13.8. The van der Waals surface area contributed by atoms with Crippen LogP contribution in [-0.4, -0.2) is 30.6 Å². The van der Waals surface area contributed by atoms with E-state index >= 15 is 0 Å². The number of aryl methyl sites for hydroxylation is 1. The molecule has 3 aromatic heterocycles. The zero-order valence-electron chi connectivity index (χ0n) is 17.3. The van der Waals surface area contributed by atoms with Crippen LogP contribution in [0.15, 0.2) is 47.0 Å². The van der Waals surface area contributed by atoms with E-state index in [-0.39, 0.29) is 23.0 Å². The second kappa shape index (κ2) is 8.78. The van der Waals surface area contributed by atoms with Gasteiger partial charge in [-0.25, -0.2) is 9.97 Å². The number of pyridine rings is 1. The summed E-state index contributed by atoms with van der Waals surface area (Å²) in [6.07, 6.45) is 3.44. The topological polar surface area (TPSA) is 69.8 Å². The summed E-state index contributed by atoms with van der Waals surface area (Å²) in [5.41, 5.74) is 2.96. The Morgan fingerprint density at radius 1 is 1.31 bits per heavy atom. The van der Waals surface area contributed by atoms with Crippen molar-refractivity contribution in [2.75, 3.05) is 5.75 Å². The molecule has 29 heavy (non-hydrogen) atoms. The van der Waals surface area contributed by atoms with Gasteiger partial charge in [-0.05, 0) is 38.0 Å². The summed E-state index contributed by atoms with van der Waals surface area (Å²) in [6, 6.07) is 5.39. The van der Waals surface area contributed by atoms with Gasteiger partial charge in [0.1, 0.15) is 0 Å². The Hall–Kier alpha value is -2.67. The minimum Gasteiger partial charge on any atom is -0.345 e. The summed E-state index contributed by atoms with van der Waals surface area (Å²) in [4.78, 5) is 34.6. The van der Waals surface area contributed by atoms with Crippen LogP contribution >= 0.6 is 11.8 Å². The van der Waals surface area contributed by atoms with Crippen LogP contribution in [0.3, 0.4) is 0 Å². The number of hydrogen-bond donors (Lipinski definition) is 0. The quantitative estimate of drug-likeness (QED) is 0.243. The predicted octanol–water partition coefficient (Wildman–Crippen LogP) is 4.03. The number of Topliss-reactive ketones (excluding diaryl/α,β-unsaturated/α-hetero) is 1. The molecule has 6 nitrogen and oxygen atoms in total. The van der Waals surface area contributed by atoms with Crippen LogP contribution in [0.2, 0.25) is 0 Å². The number of allylic oxidation sites excluding steroid dienone is 1. The van der Waals surface area contributed by atoms with Crippen LogP contribution in [-0.2, 0) is 13.1 Å². The standard InChI is InChI=1S/C22H26N4O2S/c1-6-10-25-15(4)11-18(16(25)5)19(27)13-29-22-24-20-17(8-7-9-23-20)21(28)26(22)12-14(2)3/h6-9,11,14H,1,10,12-13H2,2-5H3. The molecule has 0 amide bonds. The number of carbonyl (C=O) groups excluding carboxylic acids is 1. The Morgan fingerprint density at radius 2 is 2.07 bits per heavy atom. The van der Waals surface area contributed by atoms with Crippen molar-refractivity contribution >= 4 is 28.6 Å². The average Bonchev–Trinajstić information content (AvgIpc) is 2.97. The molecule has 0 saturated heterocycles. The van der Waals surface area contributed by atoms with E-state index in [4.69, 9.17) is 0 Å². The van der Waals surface area contributed by atoms with E-state index < -0.39 is 0 Å². The number of ketones is 1. The van der Waals surface area contributed by atoms with Gasteiger partial charge in [-0.3, -0.25) is 14.2 Å². The van der Waals surface area contributed by atoms with Gasteiger partial charge in [0, 0.05) is 36.2 Å². The van der Waals surface area contributed by atoms with Gasteiger partial charge in [-0.2, -0.15) is 0 Å². The molecule has 0 aliphatic heterocycles. The summed E-state index contributed by atoms with van der Waals surface area (Å²) in [5, 5.41) is 1.03. The lowest BCUT2D eigenvalue weighted by atomic mass is 10.2. The van der Waals surface area contributed by atoms with Crippen molar-refractivity contribution in [3.8, 4) is 0 Å². The lowest BCUT2D eigenvalue weighted by molar-refractivity contribution is 0.102. The average molecular weight is 411 g/mol. The number of rotatable bonds is 8. The van der Waals surface area contributed by atoms with Gasteiger partial charge in [-0.1, -0.05) is 31.7 Å². The molecule has 3 rings (SSSR count). The number of thioether (sulfide) groups is 1. The van der Waals surface area contributed by atoms with Gasteiger partial charge >= 0.3 is 0 Å². The molecule has 0 aliphatic carbocycles. The Kier molecular flexibility index (Phi) is 6.37. The molecule has 0 spiro atoms. The normalized spacial score (nSPS) is 11.3. The van der Waals surface area contributed by atoms with E-state index in [9.17, 15) is 9.59 Å². The molecule has 0 bridgehead atoms. The molecule has 3 heterocycles. The fourth-order valence-electron chi connectivity index (χ4n) is 3.37. The van der Waals surface area contributed by atoms with Gasteiger partial charge < -0.3 is 4.57 Å². The van der Waals surface area contributed by atoms with E-state index in [1.807, 2.05) is 39.8 Å². The second-order valence-electron chi connectivity index (χ2n) is 7.47. The van der Waals surface area contributed by atoms with Crippen LogP contribution in [0.1, 0.15) is 35.6 Å². The predicted molar refractivity (Wildman–Crippen MR) is 118 cm³/mol. The molecule has 0 radical (unpaired) electrons. The number of nitrogens with zero attached hydrogens (tertiary/aromatic N) is 4. The molecule has 0 fully saturated rings. The number of carbonyl (C=O) groups is 1. The van der Waals surface area contributed by atoms with Crippen molar-refractivity contribution < 1.29 is 4.79 Å². The van der Waals surface area contributed by atoms with E-state index in [2.05, 4.69) is 21.1 Å². The van der Waals surface area contributed by atoms with Gasteiger partial charge in [0.2, 0.25) is 0 Å². The first-order valence-corrected chi connectivity index (χ1v) is 10.6. The van der Waals surface area contributed by atoms with Crippen LogP contribution in [0.5, 0.6) is 0 Å². The second-order valence-corrected chi connectivity index (χ2v) is 8.42. The highest BCUT2D eigenvalue weighted by Crippen LogP contribution is 2.22. The fourth-order valence-corrected chi connectivity index (χ4v) is 4.25. The molecular formula is C22H26N4O2S. The number of hydrogen-bond acceptors (Lipinski definition) is 5. The zero-order chi connectivity index (χ0) is 21.1. The van der Waals surface area contributed by atoms with Crippen molar-refractivity contribution in [1.29, 1.82) is 0 Å². The van der Waals surface area contributed by atoms with Gasteiger partial charge in [0.15, 0.2) is 16.6 Å². The highest BCUT2D eigenvalue weighted by Gasteiger charge is 2.18. The van der Waals surface area contributed by atoms with Gasteiger partial charge in [-0.15, -0.1) is 6.58 Å². The number of fused-ring (bicyclic) bond motifs is 1. The maximum atomic E-state index is 12.9. The van der Waals surface area contributed by atoms with Crippen LogP contribution in [0, 0.1) is 19.8 Å². The SMILES string of the molecule is C=CCn1c(C)cc(C(=O)CSc2nc3ncccc3c(=O)n2CC(C)C)c1C. The highest BCUT2D eigenvalue weighted by atomic mass is 32.2. The lowest BCUT2D eigenvalue weighted by Gasteiger charge is -2.14. The molecule has 3 aromatic rings. The van der Waals surface area contributed by atoms with Crippen molar-refractivity contribution in [3.05, 3.63) is 64.4 Å². The lowest BCUT2D eigenvalue weighted by Crippen LogP contribution is -2.26. The minimum atomic E-state index is -0.115. The van der Waals surface area contributed by atoms with Crippen LogP contribution < -0.4 is 5.56 Å². The first kappa shape index (κ1) is 21.0. The summed E-state index contributed by atoms with van der Waals surface area (Å²) in [7, 11) is 0. The fraction of sp³-hybridized carbons (Fsp3) is 0.364. The smallest absolute Gasteiger partial charge is 0.263 e. The summed E-state index contributed by atoms with van der Waals surface area (Å²) >= 11 is 1.29. The van der Waals surface area contributed by atoms with Crippen molar-refractivity contribution in [2.24, 2.45) is 5.92 Å². The molecule has 0 saturated carbocycles. The Morgan fingerprint density at radius 3 is 2.76 bits per heavy atom. The van der Waals surface area contributed by atoms with Crippen LogP contribution in [0.4, 0.5) is 0 Å². The Balaban J connectivity index is 1.92. The molecule has 0 unspecified atom stereocenters. The van der Waals surface area contributed by atoms with Crippen molar-refractivity contribution in [1.82, 2.24) is 19.1 Å². The van der Waals surface area contributed by atoms with E-state index in [0.717, 1.165) is 11.4 Å². The van der Waals surface area contributed by atoms with Crippen molar-refractivity contribution in [3.63, 3.8) is 0 Å². The zero-order valence-corrected chi connectivity index (χ0v) is 18.1. The molecule has 0 atom stereocenters. The van der Waals surface area contributed by atoms with Crippen LogP contribution in [0.25, 0.3) is 11.0 Å². The van der Waals surface area contributed by atoms with E-state index in [0.29, 0.717) is 34.8 Å². The third kappa shape index (κ3) is 4.34. The third-order valence-electron chi connectivity index (χ3n) is 4.76. The Labute approximate surface area is 174 Å². The largest absolute Gasteiger partial charge is 0.345 e. The minimum absolute atomic E-state index is 0.0184. The highest BCUT2D eigenvalue weighted by molar-refractivity contribution is 7.99. The molecule has 152 valence electrons. The first-order valence-electron chi connectivity index (χ1n) is 9.62. The molecular weight excluding hydrogens is 384 g/mol. The van der Waals surface area contributed by atoms with Gasteiger partial charge in [0.05, 0.1) is 11.1 Å². The van der Waals surface area contributed by atoms with E-state index in [1.54, 1.807) is 22.9 Å². The Bertz CT molecular complexity index is 1130.